The van der Waals surface area contributed by atoms with Gasteiger partial charge in [0, 0.05) is 31.0 Å². The summed E-state index contributed by atoms with van der Waals surface area (Å²) in [6.07, 6.45) is -1.45. The minimum absolute atomic E-state index is 0.143. The van der Waals surface area contributed by atoms with Crippen LogP contribution in [-0.4, -0.2) is 25.2 Å². The number of para-hydroxylation sites is 1. The van der Waals surface area contributed by atoms with E-state index in [1.807, 2.05) is 30.3 Å². The maximum atomic E-state index is 13.5. The molecule has 1 heterocycles. The highest BCUT2D eigenvalue weighted by molar-refractivity contribution is 7.89. The first-order valence-corrected chi connectivity index (χ1v) is 9.64. The lowest BCUT2D eigenvalue weighted by molar-refractivity contribution is -0.137. The number of hydrogen-bond donors (Lipinski definition) is 1. The van der Waals surface area contributed by atoms with Crippen LogP contribution in [0.4, 0.5) is 18.9 Å². The molecule has 0 radical (unpaired) electrons. The second kappa shape index (κ2) is 7.28. The molecule has 0 saturated carbocycles. The lowest BCUT2D eigenvalue weighted by atomic mass is 10.1. The Bertz CT molecular complexity index is 1080. The third-order valence-electron chi connectivity index (χ3n) is 4.09. The fourth-order valence-electron chi connectivity index (χ4n) is 2.77. The number of nitrogens with two attached hydrogens (primary N) is 1. The van der Waals surface area contributed by atoms with Crippen LogP contribution >= 0.6 is 0 Å². The minimum atomic E-state index is -4.74. The second-order valence-corrected chi connectivity index (χ2v) is 7.77. The van der Waals surface area contributed by atoms with Crippen LogP contribution in [0, 0.1) is 0 Å². The van der Waals surface area contributed by atoms with Crippen molar-refractivity contribution in [2.45, 2.75) is 17.6 Å². The average molecular weight is 410 g/mol. The highest BCUT2D eigenvalue weighted by Crippen LogP contribution is 2.38. The molecule has 0 amide bonds. The van der Waals surface area contributed by atoms with E-state index < -0.39 is 26.7 Å². The van der Waals surface area contributed by atoms with Crippen molar-refractivity contribution in [3.05, 3.63) is 72.1 Å². The molecule has 0 fully saturated rings. The number of anilines is 1. The first-order valence-electron chi connectivity index (χ1n) is 8.10. The van der Waals surface area contributed by atoms with Crippen LogP contribution in [0.5, 0.6) is 0 Å². The Morgan fingerprint density at radius 1 is 1.14 bits per heavy atom. The Kier molecular flexibility index (Phi) is 5.18. The summed E-state index contributed by atoms with van der Waals surface area (Å²) >= 11 is 0. The number of aromatic nitrogens is 2. The molecule has 0 aliphatic heterocycles. The van der Waals surface area contributed by atoms with Crippen LogP contribution in [0.3, 0.4) is 0 Å². The van der Waals surface area contributed by atoms with Gasteiger partial charge in [0.1, 0.15) is 0 Å². The Labute approximate surface area is 160 Å². The molecule has 10 heteroatoms. The molecule has 148 valence electrons. The fourth-order valence-corrected chi connectivity index (χ4v) is 3.31. The summed E-state index contributed by atoms with van der Waals surface area (Å²) in [5, 5.41) is 9.18. The number of nitrogens with zero attached hydrogens (tertiary/aromatic N) is 3. The number of hydrogen-bond acceptors (Lipinski definition) is 4. The molecule has 2 aromatic carbocycles. The number of rotatable bonds is 5. The van der Waals surface area contributed by atoms with Gasteiger partial charge < -0.3 is 4.90 Å². The summed E-state index contributed by atoms with van der Waals surface area (Å²) in [5.74, 6) is 0. The zero-order valence-corrected chi connectivity index (χ0v) is 15.6. The largest absolute Gasteiger partial charge is 0.418 e. The standard InChI is InChI=1S/C18H17F3N4O2S/c1-24(11-13-10-23-25(12-13)14-5-3-2-4-6-14)17-8-7-15(28(22,26)27)9-16(17)18(19,20)21/h2-10,12H,11H2,1H3,(H2,22,26,27). The quantitative estimate of drug-likeness (QED) is 0.701. The van der Waals surface area contributed by atoms with Crippen LogP contribution in [0.2, 0.25) is 0 Å². The van der Waals surface area contributed by atoms with Crippen LogP contribution in [0.25, 0.3) is 5.69 Å². The average Bonchev–Trinajstić information content (AvgIpc) is 3.09. The van der Waals surface area contributed by atoms with E-state index >= 15 is 0 Å². The van der Waals surface area contributed by atoms with Crippen molar-refractivity contribution in [1.29, 1.82) is 0 Å². The van der Waals surface area contributed by atoms with Gasteiger partial charge in [0.2, 0.25) is 10.0 Å². The van der Waals surface area contributed by atoms with Crippen molar-refractivity contribution in [3.63, 3.8) is 0 Å². The molecule has 0 atom stereocenters. The first kappa shape index (κ1) is 19.9. The topological polar surface area (TPSA) is 81.2 Å². The third kappa shape index (κ3) is 4.34. The summed E-state index contributed by atoms with van der Waals surface area (Å²) in [4.78, 5) is 0.788. The molecule has 0 unspecified atom stereocenters. The smallest absolute Gasteiger partial charge is 0.370 e. The fraction of sp³-hybridized carbons (Fsp3) is 0.167. The number of halogens is 3. The van der Waals surface area contributed by atoms with Gasteiger partial charge in [0.15, 0.2) is 0 Å². The number of sulfonamides is 1. The molecular formula is C18H17F3N4O2S. The van der Waals surface area contributed by atoms with Gasteiger partial charge in [0.25, 0.3) is 0 Å². The summed E-state index contributed by atoms with van der Waals surface area (Å²) in [7, 11) is -2.76. The van der Waals surface area contributed by atoms with E-state index in [-0.39, 0.29) is 12.2 Å². The van der Waals surface area contributed by atoms with Gasteiger partial charge in [-0.05, 0) is 30.3 Å². The zero-order valence-electron chi connectivity index (χ0n) is 14.8. The van der Waals surface area contributed by atoms with Crippen LogP contribution in [-0.2, 0) is 22.7 Å². The number of benzene rings is 2. The zero-order chi connectivity index (χ0) is 20.5. The van der Waals surface area contributed by atoms with Gasteiger partial charge in [-0.1, -0.05) is 18.2 Å². The number of alkyl halides is 3. The molecule has 0 spiro atoms. The molecule has 0 aliphatic carbocycles. The van der Waals surface area contributed by atoms with Gasteiger partial charge in [-0.15, -0.1) is 0 Å². The van der Waals surface area contributed by atoms with Crippen LogP contribution in [0.1, 0.15) is 11.1 Å². The molecule has 1 aromatic heterocycles. The highest BCUT2D eigenvalue weighted by atomic mass is 32.2. The molecule has 0 aliphatic rings. The second-order valence-electron chi connectivity index (χ2n) is 6.21. The van der Waals surface area contributed by atoms with Crippen LogP contribution < -0.4 is 10.0 Å². The maximum Gasteiger partial charge on any atom is 0.418 e. The van der Waals surface area contributed by atoms with Gasteiger partial charge >= 0.3 is 6.18 Å². The molecule has 3 aromatic rings. The molecular weight excluding hydrogens is 393 g/mol. The SMILES string of the molecule is CN(Cc1cnn(-c2ccccc2)c1)c1ccc(S(N)(=O)=O)cc1C(F)(F)F. The van der Waals surface area contributed by atoms with Crippen molar-refractivity contribution < 1.29 is 21.6 Å². The monoisotopic (exact) mass is 410 g/mol. The summed E-state index contributed by atoms with van der Waals surface area (Å²) in [6.45, 7) is 0.143. The Balaban J connectivity index is 1.90. The van der Waals surface area contributed by atoms with Crippen molar-refractivity contribution >= 4 is 15.7 Å². The molecule has 6 nitrogen and oxygen atoms in total. The highest BCUT2D eigenvalue weighted by Gasteiger charge is 2.35. The van der Waals surface area contributed by atoms with Gasteiger partial charge in [0.05, 0.1) is 22.3 Å². The molecule has 2 N–H and O–H groups in total. The van der Waals surface area contributed by atoms with Crippen molar-refractivity contribution in [2.24, 2.45) is 5.14 Å². The Hall–Kier alpha value is -2.85. The predicted octanol–water partition coefficient (Wildman–Crippen LogP) is 3.17. The van der Waals surface area contributed by atoms with Gasteiger partial charge in [-0.3, -0.25) is 0 Å². The minimum Gasteiger partial charge on any atom is -0.370 e. The van der Waals surface area contributed by atoms with Gasteiger partial charge in [-0.25, -0.2) is 18.2 Å². The van der Waals surface area contributed by atoms with E-state index in [1.165, 1.54) is 11.9 Å². The van der Waals surface area contributed by atoms with E-state index in [2.05, 4.69) is 5.10 Å². The van der Waals surface area contributed by atoms with E-state index in [0.717, 1.165) is 17.8 Å². The summed E-state index contributed by atoms with van der Waals surface area (Å²) in [5.41, 5.74) is 0.282. The van der Waals surface area contributed by atoms with Gasteiger partial charge in [-0.2, -0.15) is 18.3 Å². The van der Waals surface area contributed by atoms with Crippen molar-refractivity contribution in [3.8, 4) is 5.69 Å². The lowest BCUT2D eigenvalue weighted by Gasteiger charge is -2.23. The van der Waals surface area contributed by atoms with Crippen molar-refractivity contribution in [1.82, 2.24) is 9.78 Å². The summed E-state index contributed by atoms with van der Waals surface area (Å²) < 4.78 is 64.8. The van der Waals surface area contributed by atoms with E-state index in [4.69, 9.17) is 5.14 Å². The van der Waals surface area contributed by atoms with E-state index in [1.54, 1.807) is 17.1 Å². The third-order valence-corrected chi connectivity index (χ3v) is 5.00. The van der Waals surface area contributed by atoms with E-state index in [9.17, 15) is 21.6 Å². The van der Waals surface area contributed by atoms with E-state index in [0.29, 0.717) is 11.6 Å². The number of primary sulfonamides is 1. The molecule has 3 rings (SSSR count). The first-order chi connectivity index (χ1) is 13.1. The molecule has 0 bridgehead atoms. The lowest BCUT2D eigenvalue weighted by Crippen LogP contribution is -2.22. The van der Waals surface area contributed by atoms with Crippen LogP contribution in [0.15, 0.2) is 65.8 Å². The summed E-state index contributed by atoms with van der Waals surface area (Å²) in [6, 6.07) is 12.0. The molecule has 28 heavy (non-hydrogen) atoms. The maximum absolute atomic E-state index is 13.5. The molecule has 0 saturated heterocycles. The van der Waals surface area contributed by atoms with Crippen molar-refractivity contribution in [2.75, 3.05) is 11.9 Å². The normalized spacial score (nSPS) is 12.2. The Morgan fingerprint density at radius 2 is 1.82 bits per heavy atom. The Morgan fingerprint density at radius 3 is 2.43 bits per heavy atom. The predicted molar refractivity (Wildman–Crippen MR) is 98.5 cm³/mol.